The minimum Gasteiger partial charge on any atom is -0.323 e. The van der Waals surface area contributed by atoms with Crippen LogP contribution in [0.1, 0.15) is 13.3 Å². The van der Waals surface area contributed by atoms with Gasteiger partial charge in [-0.1, -0.05) is 6.92 Å². The van der Waals surface area contributed by atoms with Gasteiger partial charge in [0.15, 0.2) is 0 Å². The molecule has 0 aliphatic heterocycles. The Balaban J connectivity index is 0. The summed E-state index contributed by atoms with van der Waals surface area (Å²) in [6.45, 7) is 0.170. The average molecular weight is 405 g/mol. The molecular weight excluding hydrogens is 392 g/mol. The van der Waals surface area contributed by atoms with Crippen molar-refractivity contribution in [2.24, 2.45) is 0 Å². The largest absolute Gasteiger partial charge is 0.438 e. The zero-order valence-corrected chi connectivity index (χ0v) is 13.0. The Bertz CT molecular complexity index is 520. The Hall–Kier alpha value is -0.830. The van der Waals surface area contributed by atoms with Gasteiger partial charge in [-0.15, -0.1) is 0 Å². The molecule has 0 amide bonds. The second-order valence-electron chi connectivity index (χ2n) is 4.27. The van der Waals surface area contributed by atoms with Crippen LogP contribution in [0.2, 0.25) is 0 Å². The smallest absolute Gasteiger partial charge is 0.323 e. The molecule has 0 fully saturated rings. The highest BCUT2D eigenvalue weighted by atomic mass is 32.2. The fraction of sp³-hybridized carbons (Fsp3) is 1.00. The predicted octanol–water partition coefficient (Wildman–Crippen LogP) is 3.25. The van der Waals surface area contributed by atoms with E-state index in [0.717, 1.165) is 0 Å². The van der Waals surface area contributed by atoms with Gasteiger partial charge in [-0.25, -0.2) is 0 Å². The van der Waals surface area contributed by atoms with Crippen LogP contribution in [0.25, 0.3) is 0 Å². The second kappa shape index (κ2) is 7.19. The highest BCUT2D eigenvalue weighted by molar-refractivity contribution is 7.87. The molecule has 0 bridgehead atoms. The molecule has 0 atom stereocenters. The van der Waals surface area contributed by atoms with Crippen LogP contribution in [0.5, 0.6) is 0 Å². The van der Waals surface area contributed by atoms with E-state index < -0.39 is 45.5 Å². The van der Waals surface area contributed by atoms with Gasteiger partial charge in [-0.2, -0.15) is 52.3 Å². The Kier molecular flexibility index (Phi) is 7.61. The lowest BCUT2D eigenvalue weighted by Crippen LogP contribution is -2.68. The van der Waals surface area contributed by atoms with E-state index in [-0.39, 0.29) is 6.92 Å². The van der Waals surface area contributed by atoms with Gasteiger partial charge < -0.3 is 5.32 Å². The molecule has 0 aromatic rings. The summed E-state index contributed by atoms with van der Waals surface area (Å²) in [6.07, 6.45) is -2.14. The van der Waals surface area contributed by atoms with Crippen LogP contribution in [0.3, 0.4) is 0 Å². The molecule has 0 rings (SSSR count). The summed E-state index contributed by atoms with van der Waals surface area (Å²) in [4.78, 5) is 0. The van der Waals surface area contributed by atoms with Crippen molar-refractivity contribution in [3.8, 4) is 0 Å². The third-order valence-corrected chi connectivity index (χ3v) is 3.29. The molecular formula is C9H13F10NO3S. The van der Waals surface area contributed by atoms with Crippen LogP contribution < -0.4 is 5.32 Å². The van der Waals surface area contributed by atoms with Crippen molar-refractivity contribution in [3.63, 3.8) is 0 Å². The molecule has 24 heavy (non-hydrogen) atoms. The minimum absolute atomic E-state index is 0.170. The number of alkyl halides is 10. The molecule has 15 heteroatoms. The predicted molar refractivity (Wildman–Crippen MR) is 61.6 cm³/mol. The molecule has 0 aromatic carbocycles. The Morgan fingerprint density at radius 3 is 1.29 bits per heavy atom. The fourth-order valence-electron chi connectivity index (χ4n) is 0.994. The van der Waals surface area contributed by atoms with Gasteiger partial charge in [0.1, 0.15) is 0 Å². The number of nitrogens with one attached hydrogen (secondary N) is 1. The van der Waals surface area contributed by atoms with E-state index >= 15 is 0 Å². The van der Waals surface area contributed by atoms with Crippen molar-refractivity contribution in [1.82, 2.24) is 5.32 Å². The van der Waals surface area contributed by atoms with E-state index in [4.69, 9.17) is 4.55 Å². The molecule has 0 aromatic heterocycles. The lowest BCUT2D eigenvalue weighted by Gasteiger charge is -2.38. The highest BCUT2D eigenvalue weighted by Crippen LogP contribution is 2.58. The van der Waals surface area contributed by atoms with Crippen molar-refractivity contribution in [2.75, 3.05) is 14.1 Å². The summed E-state index contributed by atoms with van der Waals surface area (Å²) in [7, 11) is -3.55. The van der Waals surface area contributed by atoms with Crippen LogP contribution in [-0.4, -0.2) is 56.0 Å². The molecule has 0 saturated heterocycles. The summed E-state index contributed by atoms with van der Waals surface area (Å²) in [5, 5.41) is -4.38. The number of rotatable bonds is 6. The molecule has 2 N–H and O–H groups in total. The molecule has 0 heterocycles. The van der Waals surface area contributed by atoms with E-state index in [1.54, 1.807) is 0 Å². The quantitative estimate of drug-likeness (QED) is 0.526. The standard InChI is InChI=1S/C7H6F10O3S.C2H7N/c1-2-3(8,9)4(10,11)5(12,13)6(14,15)7(16,17)21(18,19)20;1-3-2/h2H2,1H3,(H,18,19,20);3H,1-2H3. The maximum Gasteiger partial charge on any atom is 0.438 e. The van der Waals surface area contributed by atoms with E-state index in [9.17, 15) is 52.3 Å². The summed E-state index contributed by atoms with van der Waals surface area (Å²) in [5.41, 5.74) is 0. The molecule has 0 spiro atoms. The number of hydrogen-bond donors (Lipinski definition) is 2. The zero-order chi connectivity index (χ0) is 20.4. The first-order chi connectivity index (χ1) is 10.2. The van der Waals surface area contributed by atoms with Crippen LogP contribution in [0.15, 0.2) is 0 Å². The van der Waals surface area contributed by atoms with Crippen molar-refractivity contribution in [2.45, 2.75) is 42.3 Å². The normalized spacial score (nSPS) is 14.9. The topological polar surface area (TPSA) is 66.4 Å². The zero-order valence-electron chi connectivity index (χ0n) is 12.2. The average Bonchev–Trinajstić information content (AvgIpc) is 2.37. The lowest BCUT2D eigenvalue weighted by molar-refractivity contribution is -0.390. The van der Waals surface area contributed by atoms with Crippen molar-refractivity contribution in [1.29, 1.82) is 0 Å². The van der Waals surface area contributed by atoms with Gasteiger partial charge in [-0.05, 0) is 14.1 Å². The van der Waals surface area contributed by atoms with Gasteiger partial charge in [0.25, 0.3) is 0 Å². The SMILES string of the molecule is CCC(F)(F)C(F)(F)C(F)(F)C(F)(F)C(F)(F)S(=O)(=O)O.CNC. The molecule has 148 valence electrons. The minimum atomic E-state index is -7.52. The van der Waals surface area contributed by atoms with Gasteiger partial charge in [0, 0.05) is 6.42 Å². The maximum atomic E-state index is 12.9. The summed E-state index contributed by atoms with van der Waals surface area (Å²) >= 11 is 0. The Morgan fingerprint density at radius 1 is 0.792 bits per heavy atom. The third-order valence-electron chi connectivity index (χ3n) is 2.38. The number of halogens is 10. The summed E-state index contributed by atoms with van der Waals surface area (Å²) in [6, 6.07) is 0. The molecule has 0 saturated carbocycles. The van der Waals surface area contributed by atoms with Gasteiger partial charge >= 0.3 is 39.1 Å². The Labute approximate surface area is 129 Å². The van der Waals surface area contributed by atoms with Crippen molar-refractivity contribution in [3.05, 3.63) is 0 Å². The molecule has 0 aliphatic carbocycles. The van der Waals surface area contributed by atoms with Crippen molar-refractivity contribution >= 4 is 10.1 Å². The molecule has 0 aliphatic rings. The molecule has 0 unspecified atom stereocenters. The van der Waals surface area contributed by atoms with Gasteiger partial charge in [0.2, 0.25) is 0 Å². The fourth-order valence-corrected chi connectivity index (χ4v) is 1.45. The highest BCUT2D eigenvalue weighted by Gasteiger charge is 2.88. The lowest BCUT2D eigenvalue weighted by atomic mass is 9.97. The summed E-state index contributed by atoms with van der Waals surface area (Å²) in [5.74, 6) is -27.9. The van der Waals surface area contributed by atoms with Crippen LogP contribution >= 0.6 is 0 Å². The van der Waals surface area contributed by atoms with E-state index in [1.807, 2.05) is 14.1 Å². The molecule has 4 nitrogen and oxygen atoms in total. The first-order valence-electron chi connectivity index (χ1n) is 5.67. The van der Waals surface area contributed by atoms with E-state index in [2.05, 4.69) is 5.32 Å². The van der Waals surface area contributed by atoms with Crippen molar-refractivity contribution < 1.29 is 56.9 Å². The number of hydrogen-bond acceptors (Lipinski definition) is 3. The monoisotopic (exact) mass is 405 g/mol. The Morgan fingerprint density at radius 2 is 1.08 bits per heavy atom. The van der Waals surface area contributed by atoms with Crippen LogP contribution in [0.4, 0.5) is 43.9 Å². The van der Waals surface area contributed by atoms with Crippen LogP contribution in [-0.2, 0) is 10.1 Å². The first-order valence-corrected chi connectivity index (χ1v) is 7.11. The van der Waals surface area contributed by atoms with E-state index in [0.29, 0.717) is 0 Å². The third kappa shape index (κ3) is 3.87. The second-order valence-corrected chi connectivity index (χ2v) is 5.74. The van der Waals surface area contributed by atoms with Gasteiger partial charge in [-0.3, -0.25) is 4.55 Å². The first kappa shape index (κ1) is 25.4. The van der Waals surface area contributed by atoms with E-state index in [1.165, 1.54) is 0 Å². The summed E-state index contributed by atoms with van der Waals surface area (Å²) < 4.78 is 155. The maximum absolute atomic E-state index is 12.9. The van der Waals surface area contributed by atoms with Crippen LogP contribution in [0, 0.1) is 0 Å². The van der Waals surface area contributed by atoms with Gasteiger partial charge in [0.05, 0.1) is 0 Å². The molecule has 0 radical (unpaired) electrons.